The van der Waals surface area contributed by atoms with Gasteiger partial charge >= 0.3 is 5.97 Å². The van der Waals surface area contributed by atoms with Crippen molar-refractivity contribution in [2.45, 2.75) is 27.1 Å². The van der Waals surface area contributed by atoms with E-state index >= 15 is 0 Å². The number of nitrogen functional groups attached to an aromatic ring is 1. The Morgan fingerprint density at radius 2 is 1.79 bits per heavy atom. The minimum absolute atomic E-state index is 0.00634. The summed E-state index contributed by atoms with van der Waals surface area (Å²) < 4.78 is 6.18. The van der Waals surface area contributed by atoms with Gasteiger partial charge in [-0.3, -0.25) is 4.99 Å². The Balaban J connectivity index is 2.29. The number of aliphatic hydroxyl groups excluding tert-OH is 1. The fraction of sp³-hybridized carbons (Fsp3) is 0.200. The lowest BCUT2D eigenvalue weighted by Crippen LogP contribution is -2.11. The fourth-order valence-corrected chi connectivity index (χ4v) is 4.73. The van der Waals surface area contributed by atoms with Crippen molar-refractivity contribution in [2.75, 3.05) is 12.3 Å². The Morgan fingerprint density at radius 3 is 2.41 bits per heavy atom. The van der Waals surface area contributed by atoms with Gasteiger partial charge in [0.2, 0.25) is 0 Å². The van der Waals surface area contributed by atoms with Gasteiger partial charge in [0.05, 0.1) is 15.9 Å². The van der Waals surface area contributed by atoms with Crippen molar-refractivity contribution in [2.24, 2.45) is 4.99 Å². The second kappa shape index (κ2) is 8.92. The van der Waals surface area contributed by atoms with Gasteiger partial charge in [0.15, 0.2) is 6.29 Å². The summed E-state index contributed by atoms with van der Waals surface area (Å²) in [6.45, 7) is 6.23. The molecule has 0 saturated carbocycles. The number of fused-ring (bicyclic) bond motifs is 2. The molecule has 34 heavy (non-hydrogen) atoms. The van der Waals surface area contributed by atoms with Gasteiger partial charge in [-0.25, -0.2) is 4.79 Å². The molecule has 2 aliphatic rings. The lowest BCUT2D eigenvalue weighted by atomic mass is 9.88. The van der Waals surface area contributed by atoms with Gasteiger partial charge in [-0.2, -0.15) is 0 Å². The molecule has 0 radical (unpaired) electrons. The minimum atomic E-state index is -2.00. The van der Waals surface area contributed by atoms with Gasteiger partial charge in [-0.05, 0) is 50.1 Å². The van der Waals surface area contributed by atoms with Gasteiger partial charge in [-0.1, -0.05) is 23.2 Å². The molecule has 1 heterocycles. The van der Waals surface area contributed by atoms with Crippen molar-refractivity contribution >= 4 is 45.8 Å². The van der Waals surface area contributed by atoms with Crippen LogP contribution in [0.1, 0.15) is 40.3 Å². The van der Waals surface area contributed by atoms with Crippen LogP contribution in [0.4, 0.5) is 5.69 Å². The summed E-state index contributed by atoms with van der Waals surface area (Å²) in [5.74, 6) is -0.911. The molecule has 0 spiro atoms. The largest absolute Gasteiger partial charge is 0.478 e. The van der Waals surface area contributed by atoms with Crippen LogP contribution in [0, 0.1) is 13.8 Å². The van der Waals surface area contributed by atoms with Crippen LogP contribution >= 0.6 is 23.2 Å². The number of aliphatic hydroxyl groups is 2. The molecule has 0 amide bonds. The van der Waals surface area contributed by atoms with Crippen LogP contribution in [0.5, 0.6) is 0 Å². The van der Waals surface area contributed by atoms with Crippen molar-refractivity contribution in [3.05, 3.63) is 68.0 Å². The number of aromatic carboxylic acids is 1. The lowest BCUT2D eigenvalue weighted by molar-refractivity contribution is -0.0424. The molecule has 176 valence electrons. The van der Waals surface area contributed by atoms with Crippen LogP contribution in [-0.2, 0) is 0 Å². The summed E-state index contributed by atoms with van der Waals surface area (Å²) in [7, 11) is 0. The topological polar surface area (TPSA) is 129 Å². The molecule has 1 aliphatic carbocycles. The highest BCUT2D eigenvalue weighted by Crippen LogP contribution is 2.47. The lowest BCUT2D eigenvalue weighted by Gasteiger charge is -2.21. The predicted octanol–water partition coefficient (Wildman–Crippen LogP) is 5.31. The highest BCUT2D eigenvalue weighted by molar-refractivity contribution is 6.39. The van der Waals surface area contributed by atoms with E-state index in [4.69, 9.17) is 33.4 Å². The Bertz CT molecular complexity index is 1510. The monoisotopic (exact) mass is 500 g/mol. The van der Waals surface area contributed by atoms with Crippen LogP contribution < -0.4 is 11.1 Å². The maximum atomic E-state index is 12.4. The van der Waals surface area contributed by atoms with E-state index in [1.54, 1.807) is 18.2 Å². The van der Waals surface area contributed by atoms with E-state index in [1.165, 1.54) is 6.07 Å². The molecule has 0 aromatic heterocycles. The second-order valence-electron chi connectivity index (χ2n) is 7.98. The van der Waals surface area contributed by atoms with E-state index < -0.39 is 12.3 Å². The molecular weight excluding hydrogens is 479 g/mol. The summed E-state index contributed by atoms with van der Waals surface area (Å²) in [5, 5.41) is 30.5. The first-order valence-electron chi connectivity index (χ1n) is 10.4. The average molecular weight is 501 g/mol. The van der Waals surface area contributed by atoms with E-state index in [1.807, 2.05) is 26.8 Å². The number of nitrogens with two attached hydrogens (primary N) is 1. The second-order valence-corrected chi connectivity index (χ2v) is 8.77. The smallest absolute Gasteiger partial charge is 0.337 e. The molecule has 2 aromatic rings. The number of carbonyl (C=O) groups is 1. The first-order valence-corrected chi connectivity index (χ1v) is 11.2. The molecular formula is C25H22Cl2N2O5. The Kier molecular flexibility index (Phi) is 6.31. The summed E-state index contributed by atoms with van der Waals surface area (Å²) >= 11 is 13.0. The van der Waals surface area contributed by atoms with Gasteiger partial charge in [0.1, 0.15) is 11.3 Å². The molecule has 1 aliphatic heterocycles. The van der Waals surface area contributed by atoms with Crippen LogP contribution in [0.3, 0.4) is 0 Å². The van der Waals surface area contributed by atoms with Gasteiger partial charge in [0, 0.05) is 57.0 Å². The number of anilines is 1. The van der Waals surface area contributed by atoms with Crippen LogP contribution in [-0.4, -0.2) is 27.8 Å². The number of carboxylic acids is 1. The van der Waals surface area contributed by atoms with E-state index in [9.17, 15) is 20.1 Å². The van der Waals surface area contributed by atoms with Crippen LogP contribution in [0.2, 0.25) is 10.0 Å². The number of rotatable bonds is 4. The number of aryl methyl sites for hydroxylation is 2. The molecule has 5 N–H and O–H groups in total. The fourth-order valence-electron chi connectivity index (χ4n) is 4.09. The molecule has 0 bridgehead atoms. The number of halogens is 2. The number of carboxylic acid groups (broad SMARTS) is 1. The van der Waals surface area contributed by atoms with E-state index in [0.717, 1.165) is 16.5 Å². The summed E-state index contributed by atoms with van der Waals surface area (Å²) in [4.78, 5) is 16.9. The maximum absolute atomic E-state index is 12.4. The van der Waals surface area contributed by atoms with Crippen molar-refractivity contribution in [3.8, 4) is 22.5 Å². The van der Waals surface area contributed by atoms with E-state index in [2.05, 4.69) is 4.99 Å². The van der Waals surface area contributed by atoms with Crippen molar-refractivity contribution in [3.63, 3.8) is 0 Å². The Labute approximate surface area is 205 Å². The average Bonchev–Trinajstić information content (AvgIpc) is 2.75. The van der Waals surface area contributed by atoms with Crippen molar-refractivity contribution in [1.29, 1.82) is 0 Å². The van der Waals surface area contributed by atoms with E-state index in [0.29, 0.717) is 40.1 Å². The molecule has 0 unspecified atom stereocenters. The van der Waals surface area contributed by atoms with Gasteiger partial charge in [-0.15, -0.1) is 0 Å². The van der Waals surface area contributed by atoms with Gasteiger partial charge in [0.25, 0.3) is 0 Å². The van der Waals surface area contributed by atoms with Crippen LogP contribution in [0.25, 0.3) is 33.4 Å². The standard InChI is InChI=1S/C25H22Cl2N2O5/c1-4-29-17-9-19-13(6-11(17)3)20(12-5-10(2)16(28)8-18(12)34-19)21-15(26)7-14(24(30)31)23(27)22(21)25(32)33/h5-9,24,30-31H,4,28H2,1-3H3,(H,32,33). The normalized spacial score (nSPS) is 12.3. The quantitative estimate of drug-likeness (QED) is 0.170. The summed E-state index contributed by atoms with van der Waals surface area (Å²) in [6.07, 6.45) is -2.00. The molecule has 2 aromatic carbocycles. The van der Waals surface area contributed by atoms with Crippen molar-refractivity contribution < 1.29 is 24.5 Å². The molecule has 7 nitrogen and oxygen atoms in total. The Hall–Kier alpha value is -3.10. The maximum Gasteiger partial charge on any atom is 0.337 e. The number of hydrogen-bond acceptors (Lipinski definition) is 6. The highest BCUT2D eigenvalue weighted by Gasteiger charge is 2.29. The highest BCUT2D eigenvalue weighted by atomic mass is 35.5. The Morgan fingerprint density at radius 1 is 1.09 bits per heavy atom. The third-order valence-electron chi connectivity index (χ3n) is 5.74. The zero-order valence-electron chi connectivity index (χ0n) is 18.6. The summed E-state index contributed by atoms with van der Waals surface area (Å²) in [5.41, 5.74) is 9.35. The molecule has 9 heteroatoms. The first-order chi connectivity index (χ1) is 16.0. The zero-order valence-corrected chi connectivity index (χ0v) is 20.1. The summed E-state index contributed by atoms with van der Waals surface area (Å²) in [6, 6.07) is 8.38. The molecule has 0 fully saturated rings. The van der Waals surface area contributed by atoms with Gasteiger partial charge < -0.3 is 25.5 Å². The SMILES string of the molecule is CCN=c1cc2oc3cc(N)c(C)cc3c(-c3c(Cl)cc(C(O)O)c(Cl)c3C(=O)O)c-2cc1C. The number of hydrogen-bond donors (Lipinski definition) is 4. The zero-order chi connectivity index (χ0) is 24.9. The number of benzene rings is 3. The molecule has 0 saturated heterocycles. The third-order valence-corrected chi connectivity index (χ3v) is 6.44. The first kappa shape index (κ1) is 24.0. The minimum Gasteiger partial charge on any atom is -0.478 e. The molecule has 4 rings (SSSR count). The molecule has 0 atom stereocenters. The predicted molar refractivity (Wildman–Crippen MR) is 132 cm³/mol. The van der Waals surface area contributed by atoms with E-state index in [-0.39, 0.29) is 26.7 Å². The van der Waals surface area contributed by atoms with Crippen LogP contribution in [0.15, 0.2) is 39.7 Å². The number of nitrogens with zero attached hydrogens (tertiary/aromatic N) is 1. The third kappa shape index (κ3) is 3.91. The van der Waals surface area contributed by atoms with Crippen molar-refractivity contribution in [1.82, 2.24) is 0 Å².